The molecule has 0 aliphatic rings. The van der Waals surface area contributed by atoms with Gasteiger partial charge < -0.3 is 10.4 Å². The van der Waals surface area contributed by atoms with Crippen LogP contribution in [0.25, 0.3) is 5.65 Å². The molecule has 0 aromatic carbocycles. The summed E-state index contributed by atoms with van der Waals surface area (Å²) in [6.45, 7) is 6.75. The number of carbonyl (C=O) groups is 1. The number of hydrogen-bond donors (Lipinski definition) is 2. The number of aliphatic hydroxyl groups is 1. The van der Waals surface area contributed by atoms with Gasteiger partial charge in [-0.1, -0.05) is 13.8 Å². The largest absolute Gasteiger partial charge is 0.396 e. The summed E-state index contributed by atoms with van der Waals surface area (Å²) >= 11 is 0. The summed E-state index contributed by atoms with van der Waals surface area (Å²) in [6, 6.07) is 3.54. The minimum atomic E-state index is -0.112. The average Bonchev–Trinajstić information content (AvgIpc) is 2.92. The number of aromatic nitrogens is 3. The standard InChI is InChI=1S/C16H24N4O2/c1-4-16(5-2,8-9-21)11-17-15(22)13-6-7-14-19-18-12(3)20(14)10-13/h6-7,10,21H,4-5,8-9,11H2,1-3H3,(H,17,22). The van der Waals surface area contributed by atoms with E-state index in [1.807, 2.05) is 6.92 Å². The summed E-state index contributed by atoms with van der Waals surface area (Å²) in [5, 5.41) is 20.2. The Morgan fingerprint density at radius 2 is 2.05 bits per heavy atom. The number of carbonyl (C=O) groups excluding carboxylic acids is 1. The van der Waals surface area contributed by atoms with E-state index in [-0.39, 0.29) is 17.9 Å². The van der Waals surface area contributed by atoms with E-state index in [0.717, 1.165) is 24.3 Å². The van der Waals surface area contributed by atoms with E-state index < -0.39 is 0 Å². The molecule has 0 atom stereocenters. The number of nitrogens with one attached hydrogen (secondary N) is 1. The summed E-state index contributed by atoms with van der Waals surface area (Å²) in [4.78, 5) is 12.4. The highest BCUT2D eigenvalue weighted by Crippen LogP contribution is 2.29. The number of aliphatic hydroxyl groups excluding tert-OH is 1. The second-order valence-corrected chi connectivity index (χ2v) is 5.76. The molecule has 6 nitrogen and oxygen atoms in total. The fourth-order valence-corrected chi connectivity index (χ4v) is 2.69. The van der Waals surface area contributed by atoms with E-state index >= 15 is 0 Å². The van der Waals surface area contributed by atoms with Crippen LogP contribution in [0.3, 0.4) is 0 Å². The molecule has 2 heterocycles. The van der Waals surface area contributed by atoms with Gasteiger partial charge in [0.15, 0.2) is 5.65 Å². The zero-order valence-corrected chi connectivity index (χ0v) is 13.5. The predicted molar refractivity (Wildman–Crippen MR) is 84.8 cm³/mol. The van der Waals surface area contributed by atoms with Crippen LogP contribution >= 0.6 is 0 Å². The topological polar surface area (TPSA) is 79.5 Å². The second-order valence-electron chi connectivity index (χ2n) is 5.76. The van der Waals surface area contributed by atoms with E-state index in [9.17, 15) is 9.90 Å². The fraction of sp³-hybridized carbons (Fsp3) is 0.562. The maximum Gasteiger partial charge on any atom is 0.252 e. The zero-order valence-electron chi connectivity index (χ0n) is 13.5. The molecule has 0 aliphatic carbocycles. The molecular weight excluding hydrogens is 280 g/mol. The SMILES string of the molecule is CCC(CC)(CCO)CNC(=O)c1ccc2nnc(C)n2c1. The molecule has 0 spiro atoms. The quantitative estimate of drug-likeness (QED) is 0.819. The molecule has 0 radical (unpaired) electrons. The Kier molecular flexibility index (Phi) is 5.13. The Labute approximate surface area is 130 Å². The molecule has 2 N–H and O–H groups in total. The zero-order chi connectivity index (χ0) is 16.2. The lowest BCUT2D eigenvalue weighted by Gasteiger charge is -2.31. The first-order chi connectivity index (χ1) is 10.5. The van der Waals surface area contributed by atoms with Gasteiger partial charge in [0.25, 0.3) is 5.91 Å². The highest BCUT2D eigenvalue weighted by atomic mass is 16.3. The highest BCUT2D eigenvalue weighted by Gasteiger charge is 2.26. The summed E-state index contributed by atoms with van der Waals surface area (Å²) in [6.07, 6.45) is 4.30. The minimum absolute atomic E-state index is 0.0407. The predicted octanol–water partition coefficient (Wildman–Crippen LogP) is 1.96. The van der Waals surface area contributed by atoms with Crippen LogP contribution in [-0.4, -0.2) is 38.8 Å². The van der Waals surface area contributed by atoms with Crippen LogP contribution in [0.5, 0.6) is 0 Å². The van der Waals surface area contributed by atoms with Crippen molar-refractivity contribution >= 4 is 11.6 Å². The lowest BCUT2D eigenvalue weighted by atomic mass is 9.79. The fourth-order valence-electron chi connectivity index (χ4n) is 2.69. The van der Waals surface area contributed by atoms with E-state index in [1.54, 1.807) is 22.7 Å². The molecular formula is C16H24N4O2. The first-order valence-electron chi connectivity index (χ1n) is 7.75. The summed E-state index contributed by atoms with van der Waals surface area (Å²) in [5.41, 5.74) is 1.27. The Bertz CT molecular complexity index is 647. The monoisotopic (exact) mass is 304 g/mol. The van der Waals surface area contributed by atoms with E-state index in [4.69, 9.17) is 0 Å². The van der Waals surface area contributed by atoms with Gasteiger partial charge in [-0.15, -0.1) is 10.2 Å². The smallest absolute Gasteiger partial charge is 0.252 e. The van der Waals surface area contributed by atoms with Crippen LogP contribution in [0.2, 0.25) is 0 Å². The maximum absolute atomic E-state index is 12.4. The van der Waals surface area contributed by atoms with Crippen molar-refractivity contribution in [3.8, 4) is 0 Å². The van der Waals surface area contributed by atoms with Crippen molar-refractivity contribution in [2.45, 2.75) is 40.0 Å². The van der Waals surface area contributed by atoms with Crippen molar-refractivity contribution in [3.63, 3.8) is 0 Å². The second kappa shape index (κ2) is 6.87. The molecule has 0 bridgehead atoms. The third-order valence-corrected chi connectivity index (χ3v) is 4.60. The number of amides is 1. The van der Waals surface area contributed by atoms with Crippen molar-refractivity contribution < 1.29 is 9.90 Å². The number of nitrogens with zero attached hydrogens (tertiary/aromatic N) is 3. The van der Waals surface area contributed by atoms with Gasteiger partial charge >= 0.3 is 0 Å². The van der Waals surface area contributed by atoms with Crippen molar-refractivity contribution in [1.82, 2.24) is 19.9 Å². The molecule has 2 rings (SSSR count). The number of hydrogen-bond acceptors (Lipinski definition) is 4. The molecule has 22 heavy (non-hydrogen) atoms. The van der Waals surface area contributed by atoms with E-state index in [0.29, 0.717) is 18.5 Å². The molecule has 0 aliphatic heterocycles. The van der Waals surface area contributed by atoms with Crippen LogP contribution in [0, 0.1) is 12.3 Å². The third-order valence-electron chi connectivity index (χ3n) is 4.60. The summed E-state index contributed by atoms with van der Waals surface area (Å²) in [5.74, 6) is 0.639. The number of pyridine rings is 1. The van der Waals surface area contributed by atoms with Crippen molar-refractivity contribution in [3.05, 3.63) is 29.7 Å². The van der Waals surface area contributed by atoms with Crippen LogP contribution in [0.4, 0.5) is 0 Å². The molecule has 1 amide bonds. The molecule has 2 aromatic heterocycles. The van der Waals surface area contributed by atoms with Crippen LogP contribution in [-0.2, 0) is 0 Å². The van der Waals surface area contributed by atoms with E-state index in [2.05, 4.69) is 29.4 Å². The van der Waals surface area contributed by atoms with Gasteiger partial charge in [0.2, 0.25) is 0 Å². The van der Waals surface area contributed by atoms with Crippen molar-refractivity contribution in [1.29, 1.82) is 0 Å². The van der Waals surface area contributed by atoms with Crippen LogP contribution < -0.4 is 5.32 Å². The summed E-state index contributed by atoms with van der Waals surface area (Å²) < 4.78 is 1.80. The van der Waals surface area contributed by atoms with Crippen LogP contribution in [0.15, 0.2) is 18.3 Å². The van der Waals surface area contributed by atoms with Gasteiger partial charge in [-0.05, 0) is 43.7 Å². The molecule has 6 heteroatoms. The highest BCUT2D eigenvalue weighted by molar-refractivity contribution is 5.94. The van der Waals surface area contributed by atoms with Crippen molar-refractivity contribution in [2.75, 3.05) is 13.2 Å². The Hall–Kier alpha value is -1.95. The van der Waals surface area contributed by atoms with Gasteiger partial charge in [0.05, 0.1) is 5.56 Å². The number of rotatable bonds is 7. The van der Waals surface area contributed by atoms with Gasteiger partial charge in [0.1, 0.15) is 5.82 Å². The van der Waals surface area contributed by atoms with Crippen LogP contribution in [0.1, 0.15) is 49.3 Å². The molecule has 0 saturated carbocycles. The molecule has 0 unspecified atom stereocenters. The van der Waals surface area contributed by atoms with Gasteiger partial charge in [-0.3, -0.25) is 9.20 Å². The average molecular weight is 304 g/mol. The van der Waals surface area contributed by atoms with Crippen molar-refractivity contribution in [2.24, 2.45) is 5.41 Å². The van der Waals surface area contributed by atoms with Gasteiger partial charge in [-0.2, -0.15) is 0 Å². The Morgan fingerprint density at radius 3 is 2.68 bits per heavy atom. The molecule has 120 valence electrons. The van der Waals surface area contributed by atoms with E-state index in [1.165, 1.54) is 0 Å². The molecule has 2 aromatic rings. The third kappa shape index (κ3) is 3.27. The maximum atomic E-state index is 12.4. The normalized spacial score (nSPS) is 11.8. The lowest BCUT2D eigenvalue weighted by Crippen LogP contribution is -2.37. The Balaban J connectivity index is 2.11. The van der Waals surface area contributed by atoms with Gasteiger partial charge in [0, 0.05) is 19.3 Å². The first kappa shape index (κ1) is 16.4. The molecule has 0 saturated heterocycles. The minimum Gasteiger partial charge on any atom is -0.396 e. The number of fused-ring (bicyclic) bond motifs is 1. The summed E-state index contributed by atoms with van der Waals surface area (Å²) in [7, 11) is 0. The van der Waals surface area contributed by atoms with Gasteiger partial charge in [-0.25, -0.2) is 0 Å². The number of aryl methyl sites for hydroxylation is 1. The first-order valence-corrected chi connectivity index (χ1v) is 7.75. The lowest BCUT2D eigenvalue weighted by molar-refractivity contribution is 0.0907. The Morgan fingerprint density at radius 1 is 1.32 bits per heavy atom. The molecule has 0 fully saturated rings.